The summed E-state index contributed by atoms with van der Waals surface area (Å²) in [6.45, 7) is 1.96. The second kappa shape index (κ2) is 7.44. The summed E-state index contributed by atoms with van der Waals surface area (Å²) in [5, 5.41) is 5.83. The molecule has 4 nitrogen and oxygen atoms in total. The highest BCUT2D eigenvalue weighted by molar-refractivity contribution is 7.09. The minimum atomic E-state index is -0.476. The minimum Gasteiger partial charge on any atom is -0.494 e. The van der Waals surface area contributed by atoms with Crippen LogP contribution in [0.3, 0.4) is 0 Å². The van der Waals surface area contributed by atoms with Crippen molar-refractivity contribution in [2.45, 2.75) is 13.3 Å². The van der Waals surface area contributed by atoms with E-state index >= 15 is 0 Å². The Labute approximate surface area is 149 Å². The van der Waals surface area contributed by atoms with Gasteiger partial charge in [-0.2, -0.15) is 0 Å². The molecule has 0 atom stereocenters. The van der Waals surface area contributed by atoms with Crippen LogP contribution in [0.5, 0.6) is 5.75 Å². The van der Waals surface area contributed by atoms with Gasteiger partial charge in [0.15, 0.2) is 11.6 Å². The van der Waals surface area contributed by atoms with Crippen LogP contribution in [0.15, 0.2) is 47.8 Å². The zero-order valence-corrected chi connectivity index (χ0v) is 14.7. The average Bonchev–Trinajstić information content (AvgIpc) is 3.02. The Hall–Kier alpha value is -2.73. The van der Waals surface area contributed by atoms with Crippen LogP contribution in [0.4, 0.5) is 10.1 Å². The number of hydrogen-bond donors (Lipinski definition) is 1. The molecule has 1 amide bonds. The minimum absolute atomic E-state index is 0.0912. The third-order valence-electron chi connectivity index (χ3n) is 3.66. The van der Waals surface area contributed by atoms with Crippen LogP contribution in [-0.2, 0) is 11.2 Å². The van der Waals surface area contributed by atoms with Crippen LogP contribution in [-0.4, -0.2) is 18.0 Å². The molecule has 0 aliphatic rings. The molecule has 2 aromatic carbocycles. The molecule has 25 heavy (non-hydrogen) atoms. The molecule has 3 rings (SSSR count). The first-order valence-electron chi connectivity index (χ1n) is 7.70. The van der Waals surface area contributed by atoms with Crippen molar-refractivity contribution in [2.75, 3.05) is 12.4 Å². The number of carbonyl (C=O) groups excluding carboxylic acids is 1. The maximum Gasteiger partial charge on any atom is 0.228 e. The topological polar surface area (TPSA) is 51.2 Å². The molecule has 0 spiro atoms. The lowest BCUT2D eigenvalue weighted by Gasteiger charge is -2.07. The van der Waals surface area contributed by atoms with Crippen LogP contribution < -0.4 is 10.1 Å². The maximum atomic E-state index is 13.7. The Balaban J connectivity index is 1.64. The van der Waals surface area contributed by atoms with E-state index in [1.54, 1.807) is 17.4 Å². The summed E-state index contributed by atoms with van der Waals surface area (Å²) in [6.07, 6.45) is 0.0912. The fraction of sp³-hybridized carbons (Fsp3) is 0.158. The van der Waals surface area contributed by atoms with Crippen LogP contribution in [0.2, 0.25) is 0 Å². The smallest absolute Gasteiger partial charge is 0.228 e. The molecular weight excluding hydrogens is 339 g/mol. The van der Waals surface area contributed by atoms with Gasteiger partial charge in [0.05, 0.1) is 24.2 Å². The lowest BCUT2D eigenvalue weighted by Crippen LogP contribution is -2.14. The number of amides is 1. The lowest BCUT2D eigenvalue weighted by atomic mass is 10.1. The molecule has 6 heteroatoms. The standard InChI is InChI=1S/C19H17FN2O2S/c1-12-21-17(11-25-12)14-4-6-15(7-5-14)22-19(23)10-13-3-8-18(24-2)16(20)9-13/h3-9,11H,10H2,1-2H3,(H,22,23). The maximum absolute atomic E-state index is 13.7. The molecule has 0 aliphatic heterocycles. The summed E-state index contributed by atoms with van der Waals surface area (Å²) in [5.41, 5.74) is 3.20. The van der Waals surface area contributed by atoms with Crippen molar-refractivity contribution in [2.24, 2.45) is 0 Å². The van der Waals surface area contributed by atoms with E-state index in [4.69, 9.17) is 4.74 Å². The molecule has 0 unspecified atom stereocenters. The number of aryl methyl sites for hydroxylation is 1. The van der Waals surface area contributed by atoms with Crippen LogP contribution in [0, 0.1) is 12.7 Å². The van der Waals surface area contributed by atoms with Gasteiger partial charge in [-0.25, -0.2) is 9.37 Å². The molecule has 0 saturated heterocycles. The number of carbonyl (C=O) groups is 1. The fourth-order valence-corrected chi connectivity index (χ4v) is 3.05. The summed E-state index contributed by atoms with van der Waals surface area (Å²) in [5.74, 6) is -0.519. The number of ether oxygens (including phenoxy) is 1. The highest BCUT2D eigenvalue weighted by Crippen LogP contribution is 2.23. The van der Waals surface area contributed by atoms with E-state index < -0.39 is 5.82 Å². The summed E-state index contributed by atoms with van der Waals surface area (Å²) in [4.78, 5) is 16.6. The summed E-state index contributed by atoms with van der Waals surface area (Å²) in [6, 6.07) is 12.0. The molecule has 0 aliphatic carbocycles. The number of halogens is 1. The molecule has 3 aromatic rings. The second-order valence-corrected chi connectivity index (χ2v) is 6.59. The van der Waals surface area contributed by atoms with Gasteiger partial charge in [0.2, 0.25) is 5.91 Å². The Bertz CT molecular complexity index is 891. The highest BCUT2D eigenvalue weighted by atomic mass is 32.1. The van der Waals surface area contributed by atoms with Crippen LogP contribution >= 0.6 is 11.3 Å². The molecular formula is C19H17FN2O2S. The van der Waals surface area contributed by atoms with Gasteiger partial charge in [0.25, 0.3) is 0 Å². The van der Waals surface area contributed by atoms with E-state index in [1.165, 1.54) is 19.2 Å². The van der Waals surface area contributed by atoms with Crippen molar-refractivity contribution in [1.82, 2.24) is 4.98 Å². The quantitative estimate of drug-likeness (QED) is 0.735. The molecule has 1 heterocycles. The summed E-state index contributed by atoms with van der Waals surface area (Å²) < 4.78 is 18.5. The Morgan fingerprint density at radius 1 is 1.24 bits per heavy atom. The Kier molecular flexibility index (Phi) is 5.09. The molecule has 1 aromatic heterocycles. The number of aromatic nitrogens is 1. The lowest BCUT2D eigenvalue weighted by molar-refractivity contribution is -0.115. The van der Waals surface area contributed by atoms with Crippen molar-refractivity contribution in [3.8, 4) is 17.0 Å². The predicted octanol–water partition coefficient (Wildman–Crippen LogP) is 4.45. The van der Waals surface area contributed by atoms with Gasteiger partial charge in [0.1, 0.15) is 0 Å². The molecule has 128 valence electrons. The number of methoxy groups -OCH3 is 1. The third kappa shape index (κ3) is 4.22. The van der Waals surface area contributed by atoms with Gasteiger partial charge >= 0.3 is 0 Å². The number of thiazole rings is 1. The highest BCUT2D eigenvalue weighted by Gasteiger charge is 2.09. The zero-order chi connectivity index (χ0) is 17.8. The van der Waals surface area contributed by atoms with E-state index in [0.29, 0.717) is 11.3 Å². The zero-order valence-electron chi connectivity index (χ0n) is 13.9. The van der Waals surface area contributed by atoms with E-state index in [1.807, 2.05) is 36.6 Å². The molecule has 1 N–H and O–H groups in total. The first kappa shape index (κ1) is 17.1. The van der Waals surface area contributed by atoms with E-state index in [0.717, 1.165) is 16.3 Å². The van der Waals surface area contributed by atoms with Crippen molar-refractivity contribution >= 4 is 22.9 Å². The predicted molar refractivity (Wildman–Crippen MR) is 97.6 cm³/mol. The molecule has 0 fully saturated rings. The average molecular weight is 356 g/mol. The van der Waals surface area contributed by atoms with E-state index in [2.05, 4.69) is 10.3 Å². The first-order chi connectivity index (χ1) is 12.0. The second-order valence-electron chi connectivity index (χ2n) is 5.52. The molecule has 0 bridgehead atoms. The Morgan fingerprint density at radius 2 is 2.00 bits per heavy atom. The summed E-state index contributed by atoms with van der Waals surface area (Å²) in [7, 11) is 1.40. The molecule has 0 saturated carbocycles. The number of nitrogens with one attached hydrogen (secondary N) is 1. The number of anilines is 1. The largest absolute Gasteiger partial charge is 0.494 e. The number of rotatable bonds is 5. The SMILES string of the molecule is COc1ccc(CC(=O)Nc2ccc(-c3csc(C)n3)cc2)cc1F. The van der Waals surface area contributed by atoms with Gasteiger partial charge in [0, 0.05) is 16.6 Å². The van der Waals surface area contributed by atoms with Crippen molar-refractivity contribution in [3.05, 3.63) is 64.2 Å². The van der Waals surface area contributed by atoms with Gasteiger partial charge in [-0.05, 0) is 36.8 Å². The van der Waals surface area contributed by atoms with Crippen molar-refractivity contribution in [1.29, 1.82) is 0 Å². The third-order valence-corrected chi connectivity index (χ3v) is 4.44. The monoisotopic (exact) mass is 356 g/mol. The molecule has 0 radical (unpaired) electrons. The van der Waals surface area contributed by atoms with E-state index in [9.17, 15) is 9.18 Å². The van der Waals surface area contributed by atoms with Crippen molar-refractivity contribution in [3.63, 3.8) is 0 Å². The van der Waals surface area contributed by atoms with Crippen LogP contribution in [0.25, 0.3) is 11.3 Å². The van der Waals surface area contributed by atoms with Gasteiger partial charge in [-0.1, -0.05) is 18.2 Å². The first-order valence-corrected chi connectivity index (χ1v) is 8.58. The Morgan fingerprint density at radius 3 is 2.60 bits per heavy atom. The van der Waals surface area contributed by atoms with Crippen LogP contribution in [0.1, 0.15) is 10.6 Å². The fourth-order valence-electron chi connectivity index (χ4n) is 2.43. The number of nitrogens with zero attached hydrogens (tertiary/aromatic N) is 1. The number of benzene rings is 2. The summed E-state index contributed by atoms with van der Waals surface area (Å²) >= 11 is 1.60. The van der Waals surface area contributed by atoms with Gasteiger partial charge < -0.3 is 10.1 Å². The van der Waals surface area contributed by atoms with Crippen molar-refractivity contribution < 1.29 is 13.9 Å². The van der Waals surface area contributed by atoms with E-state index in [-0.39, 0.29) is 18.1 Å². The number of hydrogen-bond acceptors (Lipinski definition) is 4. The normalized spacial score (nSPS) is 10.5. The van der Waals surface area contributed by atoms with Gasteiger partial charge in [-0.15, -0.1) is 11.3 Å². The van der Waals surface area contributed by atoms with Gasteiger partial charge in [-0.3, -0.25) is 4.79 Å².